The minimum Gasteiger partial charge on any atom is -0.465 e. The molecule has 2 N–H and O–H groups in total. The number of hydrogen-bond donors (Lipinski definition) is 2. The second-order valence-corrected chi connectivity index (χ2v) is 11.5. The van der Waals surface area contributed by atoms with Gasteiger partial charge in [0.05, 0.1) is 6.61 Å². The van der Waals surface area contributed by atoms with Gasteiger partial charge in [0.25, 0.3) is 0 Å². The molecule has 2 unspecified atom stereocenters. The Bertz CT molecular complexity index is 504. The number of esters is 1. The van der Waals surface area contributed by atoms with Crippen LogP contribution in [0.15, 0.2) is 0 Å². The van der Waals surface area contributed by atoms with Crippen molar-refractivity contribution in [3.63, 3.8) is 0 Å². The van der Waals surface area contributed by atoms with Gasteiger partial charge in [0, 0.05) is 0 Å². The lowest BCUT2D eigenvalue weighted by atomic mass is 9.88. The molecule has 0 saturated carbocycles. The average molecular weight is 477 g/mol. The van der Waals surface area contributed by atoms with E-state index in [0.717, 1.165) is 19.3 Å². The van der Waals surface area contributed by atoms with E-state index >= 15 is 0 Å². The Morgan fingerprint density at radius 2 is 1.12 bits per heavy atom. The Morgan fingerprint density at radius 3 is 1.44 bits per heavy atom. The van der Waals surface area contributed by atoms with Crippen LogP contribution in [0.4, 0.5) is 0 Å². The quantitative estimate of drug-likeness (QED) is 0.0935. The molecule has 6 heteroatoms. The molecule has 0 aliphatic rings. The predicted molar refractivity (Wildman–Crippen MR) is 135 cm³/mol. The fourth-order valence-corrected chi connectivity index (χ4v) is 6.05. The maximum Gasteiger partial charge on any atom is 0.343 e. The third-order valence-corrected chi connectivity index (χ3v) is 9.05. The summed E-state index contributed by atoms with van der Waals surface area (Å²) in [7, 11) is -4.60. The summed E-state index contributed by atoms with van der Waals surface area (Å²) in [6.07, 6.45) is 21.1. The molecule has 0 fully saturated rings. The van der Waals surface area contributed by atoms with E-state index in [1.807, 2.05) is 6.92 Å². The van der Waals surface area contributed by atoms with Gasteiger partial charge in [-0.2, -0.15) is 0 Å². The average Bonchev–Trinajstić information content (AvgIpc) is 2.75. The van der Waals surface area contributed by atoms with Crippen LogP contribution in [0, 0.1) is 5.92 Å². The number of ether oxygens (including phenoxy) is 1. The van der Waals surface area contributed by atoms with E-state index in [9.17, 15) is 19.1 Å². The number of rotatable bonds is 22. The maximum absolute atomic E-state index is 12.6. The molecule has 0 radical (unpaired) electrons. The summed E-state index contributed by atoms with van der Waals surface area (Å²) in [5, 5.41) is -1.71. The molecular formula is C26H53O5P. The van der Waals surface area contributed by atoms with Crippen molar-refractivity contribution in [2.75, 3.05) is 6.61 Å². The Morgan fingerprint density at radius 1 is 0.750 bits per heavy atom. The van der Waals surface area contributed by atoms with Crippen LogP contribution in [0.2, 0.25) is 0 Å². The zero-order valence-electron chi connectivity index (χ0n) is 21.6. The van der Waals surface area contributed by atoms with Crippen LogP contribution < -0.4 is 0 Å². The highest BCUT2D eigenvalue weighted by molar-refractivity contribution is 7.54. The molecule has 0 heterocycles. The topological polar surface area (TPSA) is 83.8 Å². The van der Waals surface area contributed by atoms with Crippen LogP contribution in [0.3, 0.4) is 0 Å². The molecule has 0 saturated heterocycles. The van der Waals surface area contributed by atoms with Gasteiger partial charge in [-0.3, -0.25) is 9.36 Å². The molecular weight excluding hydrogens is 423 g/mol. The Kier molecular flexibility index (Phi) is 18.8. The van der Waals surface area contributed by atoms with Crippen LogP contribution in [0.1, 0.15) is 143 Å². The summed E-state index contributed by atoms with van der Waals surface area (Å²) < 4.78 is 17.4. The van der Waals surface area contributed by atoms with Crippen molar-refractivity contribution in [1.29, 1.82) is 0 Å². The molecule has 0 aromatic carbocycles. The zero-order chi connectivity index (χ0) is 24.3. The van der Waals surface area contributed by atoms with Crippen molar-refractivity contribution in [2.45, 2.75) is 148 Å². The fraction of sp³-hybridized carbons (Fsp3) is 0.962. The third-order valence-electron chi connectivity index (χ3n) is 7.07. The summed E-state index contributed by atoms with van der Waals surface area (Å²) in [6, 6.07) is 0. The molecule has 0 bridgehead atoms. The van der Waals surface area contributed by atoms with Gasteiger partial charge in [-0.25, -0.2) is 0 Å². The van der Waals surface area contributed by atoms with Gasteiger partial charge in [0.2, 0.25) is 0 Å². The van der Waals surface area contributed by atoms with E-state index < -0.39 is 24.6 Å². The highest BCUT2D eigenvalue weighted by atomic mass is 31.2. The molecule has 0 amide bonds. The third kappa shape index (κ3) is 12.2. The minimum absolute atomic E-state index is 0.0874. The number of carbonyl (C=O) groups excluding carboxylic acids is 1. The molecule has 0 aliphatic heterocycles. The number of carbonyl (C=O) groups is 1. The van der Waals surface area contributed by atoms with Crippen molar-refractivity contribution >= 4 is 13.6 Å². The lowest BCUT2D eigenvalue weighted by Gasteiger charge is -2.35. The smallest absolute Gasteiger partial charge is 0.343 e. The Balaban J connectivity index is 3.75. The number of unbranched alkanes of at least 4 members (excludes halogenated alkanes) is 15. The molecule has 0 rings (SSSR count). The van der Waals surface area contributed by atoms with Gasteiger partial charge in [-0.05, 0) is 18.8 Å². The summed E-state index contributed by atoms with van der Waals surface area (Å²) in [5.74, 6) is -1.16. The summed E-state index contributed by atoms with van der Waals surface area (Å²) >= 11 is 0. The van der Waals surface area contributed by atoms with Crippen LogP contribution in [0.5, 0.6) is 0 Å². The van der Waals surface area contributed by atoms with Crippen molar-refractivity contribution in [1.82, 2.24) is 0 Å². The van der Waals surface area contributed by atoms with Crippen LogP contribution in [-0.4, -0.2) is 27.5 Å². The molecule has 0 aromatic heterocycles. The van der Waals surface area contributed by atoms with Crippen molar-refractivity contribution in [3.05, 3.63) is 0 Å². The van der Waals surface area contributed by atoms with E-state index in [1.54, 1.807) is 13.8 Å². The standard InChI is InChI=1S/C26H53O5P/c1-5-8-9-10-11-12-13-14-15-16-17-18-19-20-21-22-23-31-25(27)26(7-3,24(4)6-2)32(28,29)30/h24H,5-23H2,1-4H3,(H2,28,29,30). The van der Waals surface area contributed by atoms with E-state index in [1.165, 1.54) is 83.5 Å². The van der Waals surface area contributed by atoms with Gasteiger partial charge in [-0.15, -0.1) is 0 Å². The summed E-state index contributed by atoms with van der Waals surface area (Å²) in [6.45, 7) is 7.72. The highest BCUT2D eigenvalue weighted by Gasteiger charge is 2.56. The van der Waals surface area contributed by atoms with Gasteiger partial charge >= 0.3 is 13.6 Å². The van der Waals surface area contributed by atoms with Crippen LogP contribution >= 0.6 is 7.60 Å². The van der Waals surface area contributed by atoms with E-state index in [2.05, 4.69) is 6.92 Å². The summed E-state index contributed by atoms with van der Waals surface area (Å²) in [4.78, 5) is 32.3. The molecule has 2 atom stereocenters. The van der Waals surface area contributed by atoms with E-state index in [4.69, 9.17) is 4.74 Å². The van der Waals surface area contributed by atoms with Gasteiger partial charge < -0.3 is 14.5 Å². The lowest BCUT2D eigenvalue weighted by molar-refractivity contribution is -0.149. The van der Waals surface area contributed by atoms with Crippen LogP contribution in [-0.2, 0) is 14.1 Å². The Hall–Kier alpha value is -0.380. The van der Waals surface area contributed by atoms with Crippen molar-refractivity contribution in [2.24, 2.45) is 5.92 Å². The molecule has 0 aliphatic carbocycles. The monoisotopic (exact) mass is 476 g/mol. The van der Waals surface area contributed by atoms with Crippen molar-refractivity contribution in [3.8, 4) is 0 Å². The predicted octanol–water partition coefficient (Wildman–Crippen LogP) is 8.16. The van der Waals surface area contributed by atoms with E-state index in [-0.39, 0.29) is 13.0 Å². The first-order chi connectivity index (χ1) is 15.3. The van der Waals surface area contributed by atoms with Gasteiger partial charge in [0.1, 0.15) is 0 Å². The first-order valence-electron chi connectivity index (χ1n) is 13.5. The van der Waals surface area contributed by atoms with Crippen molar-refractivity contribution < 1.29 is 23.9 Å². The maximum atomic E-state index is 12.6. The Labute approximate surface area is 198 Å². The highest BCUT2D eigenvalue weighted by Crippen LogP contribution is 2.57. The largest absolute Gasteiger partial charge is 0.465 e. The SMILES string of the molecule is CCCCCCCCCCCCCCCCCCOC(=O)C(CC)(C(C)CC)P(=O)(O)O. The molecule has 192 valence electrons. The van der Waals surface area contributed by atoms with Gasteiger partial charge in [0.15, 0.2) is 5.16 Å². The second-order valence-electron chi connectivity index (χ2n) is 9.57. The first kappa shape index (κ1) is 31.6. The first-order valence-corrected chi connectivity index (χ1v) is 15.1. The van der Waals surface area contributed by atoms with E-state index in [0.29, 0.717) is 6.42 Å². The fourth-order valence-electron chi connectivity index (χ4n) is 4.58. The number of hydrogen-bond acceptors (Lipinski definition) is 3. The van der Waals surface area contributed by atoms with Gasteiger partial charge in [-0.1, -0.05) is 130 Å². The molecule has 0 aromatic rings. The summed E-state index contributed by atoms with van der Waals surface area (Å²) in [5.41, 5.74) is 0. The normalized spacial score (nSPS) is 14.8. The van der Waals surface area contributed by atoms with Crippen LogP contribution in [0.25, 0.3) is 0 Å². The molecule has 0 spiro atoms. The molecule has 32 heavy (non-hydrogen) atoms. The zero-order valence-corrected chi connectivity index (χ0v) is 22.5. The second kappa shape index (κ2) is 19.0. The minimum atomic E-state index is -4.60. The molecule has 5 nitrogen and oxygen atoms in total. The lowest BCUT2D eigenvalue weighted by Crippen LogP contribution is -2.45.